The molecule has 0 unspecified atom stereocenters. The van der Waals surface area contributed by atoms with E-state index in [2.05, 4.69) is 10.3 Å². The van der Waals surface area contributed by atoms with Crippen molar-refractivity contribution in [1.29, 1.82) is 0 Å². The van der Waals surface area contributed by atoms with Gasteiger partial charge in [-0.1, -0.05) is 12.1 Å². The van der Waals surface area contributed by atoms with E-state index in [0.717, 1.165) is 0 Å². The summed E-state index contributed by atoms with van der Waals surface area (Å²) < 4.78 is 40.2. The van der Waals surface area contributed by atoms with E-state index in [4.69, 9.17) is 0 Å². The Morgan fingerprint density at radius 3 is 2.76 bits per heavy atom. The molecule has 2 aliphatic rings. The number of aryl methyl sites for hydroxylation is 1. The van der Waals surface area contributed by atoms with Gasteiger partial charge in [0.15, 0.2) is 0 Å². The highest BCUT2D eigenvalue weighted by Crippen LogP contribution is 2.41. The molecule has 154 valence electrons. The monoisotopic (exact) mass is 420 g/mol. The van der Waals surface area contributed by atoms with E-state index in [0.29, 0.717) is 43.9 Å². The number of carbonyl (C=O) groups is 1. The fourth-order valence-electron chi connectivity index (χ4n) is 4.12. The van der Waals surface area contributed by atoms with Crippen molar-refractivity contribution >= 4 is 15.9 Å². The van der Waals surface area contributed by atoms with Gasteiger partial charge in [0.1, 0.15) is 17.2 Å². The third-order valence-electron chi connectivity index (χ3n) is 5.67. The van der Waals surface area contributed by atoms with Crippen molar-refractivity contribution in [3.63, 3.8) is 0 Å². The van der Waals surface area contributed by atoms with Crippen molar-refractivity contribution in [2.24, 2.45) is 0 Å². The lowest BCUT2D eigenvalue weighted by Crippen LogP contribution is -2.36. The van der Waals surface area contributed by atoms with Crippen molar-refractivity contribution in [2.75, 3.05) is 19.3 Å². The predicted octanol–water partition coefficient (Wildman–Crippen LogP) is 0.619. The number of hydrogen-bond donors (Lipinski definition) is 1. The summed E-state index contributed by atoms with van der Waals surface area (Å²) in [4.78, 5) is 29.2. The van der Waals surface area contributed by atoms with Crippen LogP contribution in [0.1, 0.15) is 34.6 Å². The maximum atomic E-state index is 13.3. The van der Waals surface area contributed by atoms with Gasteiger partial charge in [0.25, 0.3) is 11.5 Å². The van der Waals surface area contributed by atoms with Gasteiger partial charge in [0, 0.05) is 37.8 Å². The molecule has 10 heteroatoms. The Morgan fingerprint density at radius 1 is 1.31 bits per heavy atom. The molecule has 1 aromatic heterocycles. The summed E-state index contributed by atoms with van der Waals surface area (Å²) in [5.41, 5.74) is -0.635. The summed E-state index contributed by atoms with van der Waals surface area (Å²) in [5, 5.41) is 2.62. The molecule has 2 aromatic rings. The molecule has 3 heterocycles. The molecule has 2 aliphatic heterocycles. The average molecular weight is 420 g/mol. The highest BCUT2D eigenvalue weighted by Gasteiger charge is 2.48. The number of hydrogen-bond acceptors (Lipinski definition) is 5. The molecule has 4 rings (SSSR count). The zero-order valence-corrected chi connectivity index (χ0v) is 16.7. The van der Waals surface area contributed by atoms with E-state index in [1.807, 2.05) is 0 Å². The minimum absolute atomic E-state index is 0.0832. The first-order chi connectivity index (χ1) is 13.7. The van der Waals surface area contributed by atoms with E-state index in [9.17, 15) is 22.4 Å². The fraction of sp³-hybridized carbons (Fsp3) is 0.421. The number of sulfonamides is 1. The maximum absolute atomic E-state index is 13.3. The quantitative estimate of drug-likeness (QED) is 0.781. The van der Waals surface area contributed by atoms with Crippen LogP contribution in [0.25, 0.3) is 0 Å². The molecule has 1 saturated heterocycles. The Morgan fingerprint density at radius 2 is 2.07 bits per heavy atom. The second kappa shape index (κ2) is 7.03. The SMILES string of the molecule is CS(=O)(=O)N1CC[C@]2(CCn3cc(C(=O)NCc4cccc(F)c4)c(=O)nc32)C1. The van der Waals surface area contributed by atoms with Crippen molar-refractivity contribution in [3.8, 4) is 0 Å². The Kier molecular flexibility index (Phi) is 4.78. The van der Waals surface area contributed by atoms with Gasteiger partial charge in [-0.05, 0) is 30.5 Å². The summed E-state index contributed by atoms with van der Waals surface area (Å²) in [5.74, 6) is -0.441. The molecule has 8 nitrogen and oxygen atoms in total. The van der Waals surface area contributed by atoms with Crippen LogP contribution in [-0.4, -0.2) is 47.5 Å². The summed E-state index contributed by atoms with van der Waals surface area (Å²) in [6.07, 6.45) is 3.93. The Labute approximate surface area is 167 Å². The normalized spacial score (nSPS) is 21.4. The van der Waals surface area contributed by atoms with Crippen LogP contribution in [0.5, 0.6) is 0 Å². The fourth-order valence-corrected chi connectivity index (χ4v) is 5.02. The molecule has 1 fully saturated rings. The number of amides is 1. The van der Waals surface area contributed by atoms with Gasteiger partial charge in [0.05, 0.1) is 6.26 Å². The van der Waals surface area contributed by atoms with Crippen LogP contribution in [-0.2, 0) is 28.5 Å². The minimum Gasteiger partial charge on any atom is -0.348 e. The Balaban J connectivity index is 1.55. The van der Waals surface area contributed by atoms with Gasteiger partial charge in [-0.15, -0.1) is 0 Å². The van der Waals surface area contributed by atoms with Crippen molar-refractivity contribution < 1.29 is 17.6 Å². The minimum atomic E-state index is -3.31. The molecule has 29 heavy (non-hydrogen) atoms. The third kappa shape index (κ3) is 3.69. The van der Waals surface area contributed by atoms with E-state index in [1.165, 1.54) is 28.9 Å². The Bertz CT molecular complexity index is 1150. The van der Waals surface area contributed by atoms with E-state index in [-0.39, 0.29) is 12.1 Å². The molecule has 1 spiro atoms. The van der Waals surface area contributed by atoms with Crippen molar-refractivity contribution in [2.45, 2.75) is 31.3 Å². The molecule has 1 amide bonds. The molecular weight excluding hydrogens is 399 g/mol. The van der Waals surface area contributed by atoms with Crippen LogP contribution < -0.4 is 10.9 Å². The second-order valence-electron chi connectivity index (χ2n) is 7.67. The van der Waals surface area contributed by atoms with Crippen LogP contribution in [0.3, 0.4) is 0 Å². The Hall–Kier alpha value is -2.59. The molecule has 0 saturated carbocycles. The van der Waals surface area contributed by atoms with Crippen molar-refractivity contribution in [1.82, 2.24) is 19.2 Å². The van der Waals surface area contributed by atoms with Crippen LogP contribution >= 0.6 is 0 Å². The highest BCUT2D eigenvalue weighted by molar-refractivity contribution is 7.88. The second-order valence-corrected chi connectivity index (χ2v) is 9.65. The molecule has 1 N–H and O–H groups in total. The summed E-state index contributed by atoms with van der Waals surface area (Å²) in [6.45, 7) is 1.34. The third-order valence-corrected chi connectivity index (χ3v) is 6.92. The average Bonchev–Trinajstić information content (AvgIpc) is 3.25. The number of aromatic nitrogens is 2. The standard InChI is InChI=1S/C19H21FN4O4S/c1-29(27,28)24-8-6-19(12-24)5-7-23-11-15(17(26)22-18(19)23)16(25)21-10-13-3-2-4-14(20)9-13/h2-4,9,11H,5-8,10,12H2,1H3,(H,21,25)/t19-/m1/s1. The molecule has 1 aromatic carbocycles. The van der Waals surface area contributed by atoms with Gasteiger partial charge in [-0.25, -0.2) is 17.1 Å². The molecule has 0 bridgehead atoms. The smallest absolute Gasteiger partial charge is 0.285 e. The van der Waals surface area contributed by atoms with Gasteiger partial charge >= 0.3 is 0 Å². The topological polar surface area (TPSA) is 101 Å². The first-order valence-electron chi connectivity index (χ1n) is 9.28. The molecular formula is C19H21FN4O4S. The van der Waals surface area contributed by atoms with Crippen LogP contribution in [0, 0.1) is 5.82 Å². The van der Waals surface area contributed by atoms with Crippen LogP contribution in [0.4, 0.5) is 4.39 Å². The van der Waals surface area contributed by atoms with E-state index >= 15 is 0 Å². The van der Waals surface area contributed by atoms with Crippen molar-refractivity contribution in [3.05, 3.63) is 63.6 Å². The lowest BCUT2D eigenvalue weighted by atomic mass is 9.85. The van der Waals surface area contributed by atoms with Gasteiger partial charge < -0.3 is 9.88 Å². The first kappa shape index (κ1) is 19.7. The number of nitrogens with one attached hydrogen (secondary N) is 1. The highest BCUT2D eigenvalue weighted by atomic mass is 32.2. The lowest BCUT2D eigenvalue weighted by molar-refractivity contribution is 0.0948. The molecule has 0 radical (unpaired) electrons. The largest absolute Gasteiger partial charge is 0.348 e. The van der Waals surface area contributed by atoms with Gasteiger partial charge in [-0.2, -0.15) is 4.98 Å². The van der Waals surface area contributed by atoms with E-state index in [1.54, 1.807) is 16.7 Å². The molecule has 1 atom stereocenters. The first-order valence-corrected chi connectivity index (χ1v) is 11.1. The van der Waals surface area contributed by atoms with Gasteiger partial charge in [0.2, 0.25) is 10.0 Å². The summed E-state index contributed by atoms with van der Waals surface area (Å²) >= 11 is 0. The maximum Gasteiger partial charge on any atom is 0.285 e. The van der Waals surface area contributed by atoms with Gasteiger partial charge in [-0.3, -0.25) is 9.59 Å². The number of halogens is 1. The number of fused-ring (bicyclic) bond motifs is 2. The zero-order chi connectivity index (χ0) is 20.8. The van der Waals surface area contributed by atoms with Crippen LogP contribution in [0.15, 0.2) is 35.3 Å². The zero-order valence-electron chi connectivity index (χ0n) is 15.9. The predicted molar refractivity (Wildman–Crippen MR) is 103 cm³/mol. The number of nitrogens with zero attached hydrogens (tertiary/aromatic N) is 3. The molecule has 0 aliphatic carbocycles. The summed E-state index contributed by atoms with van der Waals surface area (Å²) in [6, 6.07) is 5.84. The number of benzene rings is 1. The number of rotatable bonds is 4. The summed E-state index contributed by atoms with van der Waals surface area (Å²) in [7, 11) is -3.31. The van der Waals surface area contributed by atoms with Crippen LogP contribution in [0.2, 0.25) is 0 Å². The van der Waals surface area contributed by atoms with E-state index < -0.39 is 32.7 Å². The lowest BCUT2D eigenvalue weighted by Gasteiger charge is -2.22. The number of carbonyl (C=O) groups excluding carboxylic acids is 1.